The van der Waals surface area contributed by atoms with E-state index in [1.165, 1.54) is 12.8 Å². The number of carbonyl (C=O) groups is 1. The molecule has 0 bridgehead atoms. The van der Waals surface area contributed by atoms with Crippen molar-refractivity contribution in [2.75, 3.05) is 36.4 Å². The van der Waals surface area contributed by atoms with Crippen LogP contribution in [-0.2, 0) is 0 Å². The lowest BCUT2D eigenvalue weighted by molar-refractivity contribution is 0.0740. The van der Waals surface area contributed by atoms with Gasteiger partial charge >= 0.3 is 0 Å². The maximum Gasteiger partial charge on any atom is 0.272 e. The summed E-state index contributed by atoms with van der Waals surface area (Å²) in [5, 5.41) is 3.35. The van der Waals surface area contributed by atoms with Crippen molar-refractivity contribution < 1.29 is 4.79 Å². The van der Waals surface area contributed by atoms with Gasteiger partial charge < -0.3 is 15.1 Å². The molecule has 0 radical (unpaired) electrons. The summed E-state index contributed by atoms with van der Waals surface area (Å²) in [7, 11) is 0. The first kappa shape index (κ1) is 16.7. The normalized spacial score (nSPS) is 18.2. The zero-order chi connectivity index (χ0) is 17.8. The molecule has 8 nitrogen and oxygen atoms in total. The van der Waals surface area contributed by atoms with Crippen molar-refractivity contribution in [1.29, 1.82) is 0 Å². The van der Waals surface area contributed by atoms with E-state index in [2.05, 4.69) is 30.2 Å². The molecular formula is C18H23N7O. The van der Waals surface area contributed by atoms with Gasteiger partial charge in [-0.3, -0.25) is 4.79 Å². The summed E-state index contributed by atoms with van der Waals surface area (Å²) in [4.78, 5) is 34.0. The Morgan fingerprint density at radius 2 is 1.73 bits per heavy atom. The Hall–Kier alpha value is -2.77. The van der Waals surface area contributed by atoms with E-state index in [1.807, 2.05) is 4.90 Å². The zero-order valence-corrected chi connectivity index (χ0v) is 14.7. The number of nitrogens with one attached hydrogen (secondary N) is 1. The van der Waals surface area contributed by atoms with Gasteiger partial charge in [0.2, 0.25) is 11.9 Å². The second-order valence-electron chi connectivity index (χ2n) is 6.72. The maximum atomic E-state index is 12.8. The van der Waals surface area contributed by atoms with Crippen molar-refractivity contribution in [2.24, 2.45) is 0 Å². The van der Waals surface area contributed by atoms with Crippen LogP contribution in [0.4, 0.5) is 11.9 Å². The van der Waals surface area contributed by atoms with Gasteiger partial charge in [0.05, 0.1) is 0 Å². The van der Waals surface area contributed by atoms with E-state index in [0.29, 0.717) is 49.8 Å². The highest BCUT2D eigenvalue weighted by molar-refractivity contribution is 5.92. The topological polar surface area (TPSA) is 87.1 Å². The molecule has 26 heavy (non-hydrogen) atoms. The largest absolute Gasteiger partial charge is 0.351 e. The number of nitrogens with zero attached hydrogens (tertiary/aromatic N) is 6. The average molecular weight is 353 g/mol. The molecule has 1 aliphatic heterocycles. The Bertz CT molecular complexity index is 740. The van der Waals surface area contributed by atoms with Crippen molar-refractivity contribution in [3.05, 3.63) is 36.4 Å². The highest BCUT2D eigenvalue weighted by Crippen LogP contribution is 2.21. The fourth-order valence-corrected chi connectivity index (χ4v) is 3.53. The molecule has 1 amide bonds. The molecule has 4 rings (SSSR count). The van der Waals surface area contributed by atoms with Gasteiger partial charge in [-0.05, 0) is 25.0 Å². The lowest BCUT2D eigenvalue weighted by Crippen LogP contribution is -2.49. The van der Waals surface area contributed by atoms with Gasteiger partial charge in [-0.1, -0.05) is 12.8 Å². The minimum absolute atomic E-state index is 0.0458. The Labute approximate surface area is 152 Å². The third kappa shape index (κ3) is 3.74. The second kappa shape index (κ2) is 7.63. The summed E-state index contributed by atoms with van der Waals surface area (Å²) in [5.41, 5.74) is 0.449. The molecule has 1 aliphatic carbocycles. The molecule has 0 unspecified atom stereocenters. The predicted octanol–water partition coefficient (Wildman–Crippen LogP) is 1.58. The smallest absolute Gasteiger partial charge is 0.272 e. The van der Waals surface area contributed by atoms with Crippen molar-refractivity contribution in [1.82, 2.24) is 24.8 Å². The van der Waals surface area contributed by atoms with Crippen LogP contribution in [-0.4, -0.2) is 63.0 Å². The highest BCUT2D eigenvalue weighted by Gasteiger charge is 2.24. The first-order valence-corrected chi connectivity index (χ1v) is 9.20. The number of aromatic nitrogens is 4. The van der Waals surface area contributed by atoms with Crippen LogP contribution >= 0.6 is 0 Å². The highest BCUT2D eigenvalue weighted by atomic mass is 16.2. The summed E-state index contributed by atoms with van der Waals surface area (Å²) in [5.74, 6) is 1.22. The van der Waals surface area contributed by atoms with E-state index in [1.54, 1.807) is 30.7 Å². The molecule has 2 fully saturated rings. The van der Waals surface area contributed by atoms with Crippen LogP contribution in [0.3, 0.4) is 0 Å². The molecule has 2 aliphatic rings. The predicted molar refractivity (Wildman–Crippen MR) is 98.1 cm³/mol. The summed E-state index contributed by atoms with van der Waals surface area (Å²) < 4.78 is 0. The van der Waals surface area contributed by atoms with Gasteiger partial charge in [0.1, 0.15) is 5.69 Å². The van der Waals surface area contributed by atoms with Crippen molar-refractivity contribution in [3.8, 4) is 0 Å². The lowest BCUT2D eigenvalue weighted by Gasteiger charge is -2.34. The third-order valence-corrected chi connectivity index (χ3v) is 4.96. The van der Waals surface area contributed by atoms with Crippen molar-refractivity contribution in [2.45, 2.75) is 31.7 Å². The maximum absolute atomic E-state index is 12.8. The van der Waals surface area contributed by atoms with Gasteiger partial charge in [0.25, 0.3) is 5.91 Å². The average Bonchev–Trinajstić information content (AvgIpc) is 3.21. The molecule has 1 saturated carbocycles. The molecule has 2 aromatic rings. The minimum Gasteiger partial charge on any atom is -0.351 e. The second-order valence-corrected chi connectivity index (χ2v) is 6.72. The van der Waals surface area contributed by atoms with E-state index >= 15 is 0 Å². The first-order chi connectivity index (χ1) is 12.8. The minimum atomic E-state index is -0.0458. The Balaban J connectivity index is 1.37. The Kier molecular flexibility index (Phi) is 4.90. The molecule has 0 spiro atoms. The quantitative estimate of drug-likeness (QED) is 0.893. The van der Waals surface area contributed by atoms with Gasteiger partial charge in [0, 0.05) is 50.8 Å². The monoisotopic (exact) mass is 353 g/mol. The number of rotatable bonds is 4. The van der Waals surface area contributed by atoms with E-state index < -0.39 is 0 Å². The van der Waals surface area contributed by atoms with Crippen molar-refractivity contribution >= 4 is 17.8 Å². The number of hydrogen-bond donors (Lipinski definition) is 1. The molecule has 136 valence electrons. The number of hydrogen-bond acceptors (Lipinski definition) is 7. The SMILES string of the molecule is O=C(c1ccnc(NC2CCCC2)n1)N1CCN(c2ncccn2)CC1. The number of anilines is 2. The van der Waals surface area contributed by atoms with Crippen LogP contribution < -0.4 is 10.2 Å². The van der Waals surface area contributed by atoms with Crippen LogP contribution in [0, 0.1) is 0 Å². The van der Waals surface area contributed by atoms with Crippen LogP contribution in [0.1, 0.15) is 36.2 Å². The molecule has 1 saturated heterocycles. The van der Waals surface area contributed by atoms with Crippen LogP contribution in [0.2, 0.25) is 0 Å². The van der Waals surface area contributed by atoms with Gasteiger partial charge in [0.15, 0.2) is 0 Å². The standard InChI is InChI=1S/C18H23N7O/c26-16(15-6-9-19-17(23-15)22-14-4-1-2-5-14)24-10-12-25(13-11-24)18-20-7-3-8-21-18/h3,6-9,14H,1-2,4-5,10-13H2,(H,19,22,23). The molecule has 3 heterocycles. The number of carbonyl (C=O) groups excluding carboxylic acids is 1. The summed E-state index contributed by atoms with van der Waals surface area (Å²) in [6.07, 6.45) is 9.90. The fraction of sp³-hybridized carbons (Fsp3) is 0.500. The Morgan fingerprint density at radius 1 is 1.00 bits per heavy atom. The lowest BCUT2D eigenvalue weighted by atomic mass is 10.2. The molecule has 0 atom stereocenters. The van der Waals surface area contributed by atoms with Crippen LogP contribution in [0.5, 0.6) is 0 Å². The molecule has 1 N–H and O–H groups in total. The summed E-state index contributed by atoms with van der Waals surface area (Å²) in [6, 6.07) is 3.92. The summed E-state index contributed by atoms with van der Waals surface area (Å²) in [6.45, 7) is 2.70. The van der Waals surface area contributed by atoms with Gasteiger partial charge in [-0.25, -0.2) is 19.9 Å². The van der Waals surface area contributed by atoms with Crippen LogP contribution in [0.15, 0.2) is 30.7 Å². The molecular weight excluding hydrogens is 330 g/mol. The third-order valence-electron chi connectivity index (χ3n) is 4.96. The fourth-order valence-electron chi connectivity index (χ4n) is 3.53. The van der Waals surface area contributed by atoms with E-state index in [0.717, 1.165) is 12.8 Å². The van der Waals surface area contributed by atoms with Gasteiger partial charge in [-0.15, -0.1) is 0 Å². The number of amides is 1. The zero-order valence-electron chi connectivity index (χ0n) is 14.7. The van der Waals surface area contributed by atoms with Crippen LogP contribution in [0.25, 0.3) is 0 Å². The summed E-state index contributed by atoms with van der Waals surface area (Å²) >= 11 is 0. The molecule has 0 aromatic carbocycles. The van der Waals surface area contributed by atoms with Gasteiger partial charge in [-0.2, -0.15) is 0 Å². The molecule has 2 aromatic heterocycles. The van der Waals surface area contributed by atoms with Crippen molar-refractivity contribution in [3.63, 3.8) is 0 Å². The van der Waals surface area contributed by atoms with E-state index in [9.17, 15) is 4.79 Å². The first-order valence-electron chi connectivity index (χ1n) is 9.20. The van der Waals surface area contributed by atoms with E-state index in [4.69, 9.17) is 0 Å². The molecule has 8 heteroatoms. The Morgan fingerprint density at radius 3 is 2.46 bits per heavy atom. The number of piperazine rings is 1. The van der Waals surface area contributed by atoms with E-state index in [-0.39, 0.29) is 5.91 Å².